The first-order valence-corrected chi connectivity index (χ1v) is 7.60. The predicted molar refractivity (Wildman–Crippen MR) is 73.8 cm³/mol. The van der Waals surface area contributed by atoms with Crippen LogP contribution in [-0.2, 0) is 13.0 Å². The van der Waals surface area contributed by atoms with Crippen LogP contribution in [0.25, 0.3) is 0 Å². The smallest absolute Gasteiger partial charge is 0.196 e. The van der Waals surface area contributed by atoms with Crippen LogP contribution < -0.4 is 0 Å². The first-order valence-electron chi connectivity index (χ1n) is 6.02. The van der Waals surface area contributed by atoms with E-state index in [4.69, 9.17) is 23.2 Å². The molecule has 0 bridgehead atoms. The predicted octanol–water partition coefficient (Wildman–Crippen LogP) is 3.25. The highest BCUT2D eigenvalue weighted by Gasteiger charge is 2.17. The van der Waals surface area contributed by atoms with Gasteiger partial charge in [0.15, 0.2) is 15.5 Å². The standard InChI is InChI=1S/C11H11Cl2N5S/c12-8-6-7(10(13)16-14-8)19-11-17-15-9-4-2-1-3-5-18(9)11/h6H,1-5H2. The van der Waals surface area contributed by atoms with E-state index in [2.05, 4.69) is 25.0 Å². The number of fused-ring (bicyclic) bond motifs is 1. The maximum Gasteiger partial charge on any atom is 0.196 e. The molecule has 0 unspecified atom stereocenters. The van der Waals surface area contributed by atoms with Crippen molar-refractivity contribution < 1.29 is 0 Å². The lowest BCUT2D eigenvalue weighted by molar-refractivity contribution is 0.591. The van der Waals surface area contributed by atoms with Gasteiger partial charge in [-0.1, -0.05) is 29.6 Å². The average Bonchev–Trinajstić information content (AvgIpc) is 2.62. The first kappa shape index (κ1) is 13.1. The molecule has 0 atom stereocenters. The largest absolute Gasteiger partial charge is 0.306 e. The van der Waals surface area contributed by atoms with Gasteiger partial charge in [-0.15, -0.1) is 20.4 Å². The molecule has 0 saturated carbocycles. The lowest BCUT2D eigenvalue weighted by Gasteiger charge is -2.06. The SMILES string of the molecule is Clc1cc(Sc2nnc3n2CCCCC3)c(Cl)nn1. The van der Waals surface area contributed by atoms with Gasteiger partial charge in [-0.2, -0.15) is 0 Å². The Morgan fingerprint density at radius 1 is 1.05 bits per heavy atom. The summed E-state index contributed by atoms with van der Waals surface area (Å²) in [6.45, 7) is 0.953. The van der Waals surface area contributed by atoms with Gasteiger partial charge in [-0.05, 0) is 30.7 Å². The Morgan fingerprint density at radius 3 is 2.84 bits per heavy atom. The van der Waals surface area contributed by atoms with E-state index < -0.39 is 0 Å². The van der Waals surface area contributed by atoms with Crippen LogP contribution in [-0.4, -0.2) is 25.0 Å². The first-order chi connectivity index (χ1) is 9.24. The number of hydrogen-bond acceptors (Lipinski definition) is 5. The fourth-order valence-electron chi connectivity index (χ4n) is 2.04. The molecule has 0 spiro atoms. The van der Waals surface area contributed by atoms with Gasteiger partial charge in [0.05, 0.1) is 4.90 Å². The van der Waals surface area contributed by atoms with E-state index in [9.17, 15) is 0 Å². The number of nitrogens with zero attached hydrogens (tertiary/aromatic N) is 5. The molecule has 100 valence electrons. The van der Waals surface area contributed by atoms with E-state index in [1.54, 1.807) is 6.07 Å². The second-order valence-corrected chi connectivity index (χ2v) is 6.04. The third-order valence-electron chi connectivity index (χ3n) is 2.96. The molecule has 3 rings (SSSR count). The maximum atomic E-state index is 6.02. The Bertz CT molecular complexity index is 601. The summed E-state index contributed by atoms with van der Waals surface area (Å²) >= 11 is 13.3. The van der Waals surface area contributed by atoms with Crippen LogP contribution in [0.1, 0.15) is 25.1 Å². The molecule has 1 aliphatic rings. The fraction of sp³-hybridized carbons (Fsp3) is 0.455. The van der Waals surface area contributed by atoms with Gasteiger partial charge >= 0.3 is 0 Å². The number of hydrogen-bond donors (Lipinski definition) is 0. The molecule has 0 aliphatic carbocycles. The minimum Gasteiger partial charge on any atom is -0.306 e. The summed E-state index contributed by atoms with van der Waals surface area (Å²) in [6.07, 6.45) is 4.54. The molecule has 3 heterocycles. The minimum absolute atomic E-state index is 0.322. The van der Waals surface area contributed by atoms with Gasteiger partial charge in [-0.3, -0.25) is 0 Å². The molecule has 0 radical (unpaired) electrons. The van der Waals surface area contributed by atoms with Gasteiger partial charge < -0.3 is 4.57 Å². The van der Waals surface area contributed by atoms with E-state index >= 15 is 0 Å². The summed E-state index contributed by atoms with van der Waals surface area (Å²) in [5.41, 5.74) is 0. The number of halogens is 2. The van der Waals surface area contributed by atoms with Gasteiger partial charge in [0.1, 0.15) is 5.82 Å². The number of aryl methyl sites for hydroxylation is 1. The van der Waals surface area contributed by atoms with Crippen LogP contribution in [0.5, 0.6) is 0 Å². The monoisotopic (exact) mass is 315 g/mol. The highest BCUT2D eigenvalue weighted by Crippen LogP contribution is 2.33. The highest BCUT2D eigenvalue weighted by atomic mass is 35.5. The van der Waals surface area contributed by atoms with Crippen LogP contribution in [0.2, 0.25) is 10.3 Å². The van der Waals surface area contributed by atoms with Crippen molar-refractivity contribution in [2.24, 2.45) is 0 Å². The van der Waals surface area contributed by atoms with Crippen molar-refractivity contribution in [1.29, 1.82) is 0 Å². The highest BCUT2D eigenvalue weighted by molar-refractivity contribution is 7.99. The minimum atomic E-state index is 0.322. The quantitative estimate of drug-likeness (QED) is 0.851. The van der Waals surface area contributed by atoms with E-state index in [-0.39, 0.29) is 0 Å². The summed E-state index contributed by atoms with van der Waals surface area (Å²) < 4.78 is 2.16. The molecule has 0 amide bonds. The molecule has 19 heavy (non-hydrogen) atoms. The van der Waals surface area contributed by atoms with Crippen LogP contribution in [0.4, 0.5) is 0 Å². The maximum absolute atomic E-state index is 6.02. The zero-order chi connectivity index (χ0) is 13.2. The van der Waals surface area contributed by atoms with E-state index in [0.29, 0.717) is 10.3 Å². The fourth-order valence-corrected chi connectivity index (χ4v) is 3.34. The molecule has 2 aromatic rings. The summed E-state index contributed by atoms with van der Waals surface area (Å²) in [5.74, 6) is 1.05. The molecule has 0 fully saturated rings. The Morgan fingerprint density at radius 2 is 1.95 bits per heavy atom. The molecular weight excluding hydrogens is 305 g/mol. The Balaban J connectivity index is 1.91. The van der Waals surface area contributed by atoms with E-state index in [0.717, 1.165) is 35.3 Å². The average molecular weight is 316 g/mol. The molecule has 0 N–H and O–H groups in total. The van der Waals surface area contributed by atoms with Crippen LogP contribution in [0, 0.1) is 0 Å². The Kier molecular flexibility index (Phi) is 3.91. The third-order valence-corrected chi connectivity index (χ3v) is 4.56. The van der Waals surface area contributed by atoms with Crippen molar-refractivity contribution >= 4 is 35.0 Å². The van der Waals surface area contributed by atoms with Crippen molar-refractivity contribution in [3.63, 3.8) is 0 Å². The van der Waals surface area contributed by atoms with Crippen LogP contribution in [0.3, 0.4) is 0 Å². The normalized spacial score (nSPS) is 15.1. The Hall–Kier alpha value is -0.850. The van der Waals surface area contributed by atoms with Gasteiger partial charge in [-0.25, -0.2) is 0 Å². The van der Waals surface area contributed by atoms with E-state index in [1.807, 2.05) is 0 Å². The van der Waals surface area contributed by atoms with Crippen molar-refractivity contribution in [2.45, 2.75) is 42.3 Å². The van der Waals surface area contributed by atoms with Crippen molar-refractivity contribution in [2.75, 3.05) is 0 Å². The molecule has 2 aromatic heterocycles. The second kappa shape index (κ2) is 5.64. The van der Waals surface area contributed by atoms with Crippen molar-refractivity contribution in [1.82, 2.24) is 25.0 Å². The lowest BCUT2D eigenvalue weighted by Crippen LogP contribution is -2.02. The third kappa shape index (κ3) is 2.85. The van der Waals surface area contributed by atoms with Crippen molar-refractivity contribution in [3.05, 3.63) is 22.2 Å². The Labute approximate surface area is 124 Å². The molecule has 5 nitrogen and oxygen atoms in total. The lowest BCUT2D eigenvalue weighted by atomic mass is 10.2. The molecular formula is C11H11Cl2N5S. The second-order valence-electron chi connectivity index (χ2n) is 4.29. The van der Waals surface area contributed by atoms with Crippen LogP contribution in [0.15, 0.2) is 16.1 Å². The molecule has 8 heteroatoms. The summed E-state index contributed by atoms with van der Waals surface area (Å²) in [7, 11) is 0. The zero-order valence-corrected chi connectivity index (χ0v) is 12.3. The summed E-state index contributed by atoms with van der Waals surface area (Å²) in [5, 5.41) is 17.5. The number of rotatable bonds is 2. The zero-order valence-electron chi connectivity index (χ0n) is 10.0. The molecule has 0 saturated heterocycles. The summed E-state index contributed by atoms with van der Waals surface area (Å²) in [6, 6.07) is 1.69. The number of aromatic nitrogens is 5. The van der Waals surface area contributed by atoms with Gasteiger partial charge in [0, 0.05) is 13.0 Å². The topological polar surface area (TPSA) is 56.5 Å². The van der Waals surface area contributed by atoms with Crippen LogP contribution >= 0.6 is 35.0 Å². The van der Waals surface area contributed by atoms with Gasteiger partial charge in [0.2, 0.25) is 0 Å². The molecule has 0 aromatic carbocycles. The molecule has 1 aliphatic heterocycles. The van der Waals surface area contributed by atoms with Gasteiger partial charge in [0.25, 0.3) is 0 Å². The summed E-state index contributed by atoms with van der Waals surface area (Å²) in [4.78, 5) is 0.751. The van der Waals surface area contributed by atoms with E-state index in [1.165, 1.54) is 24.6 Å². The van der Waals surface area contributed by atoms with Crippen molar-refractivity contribution in [3.8, 4) is 0 Å².